The molecule has 3 rings (SSSR count). The van der Waals surface area contributed by atoms with Crippen LogP contribution in [0.25, 0.3) is 0 Å². The second kappa shape index (κ2) is 10.2. The maximum absolute atomic E-state index is 12.2. The molecule has 1 amide bonds. The summed E-state index contributed by atoms with van der Waals surface area (Å²) < 4.78 is 5.62. The lowest BCUT2D eigenvalue weighted by Crippen LogP contribution is -2.51. The van der Waals surface area contributed by atoms with Crippen LogP contribution < -0.4 is 11.1 Å². The van der Waals surface area contributed by atoms with Gasteiger partial charge in [-0.3, -0.25) is 9.69 Å². The molecule has 1 aromatic carbocycles. The standard InChI is InChI=1S/C17H25N3O2.2ClH/c18-15(14-6-7-14)10-19-17(21)16-12-20(8-9-22-16)11-13-4-2-1-3-5-13;;/h1-5,14-16H,6-12,18H2,(H,19,21);2*1H. The van der Waals surface area contributed by atoms with Crippen molar-refractivity contribution in [1.82, 2.24) is 10.2 Å². The molecular weight excluding hydrogens is 349 g/mol. The number of nitrogens with one attached hydrogen (secondary N) is 1. The van der Waals surface area contributed by atoms with Crippen LogP contribution in [0.5, 0.6) is 0 Å². The third-order valence-electron chi connectivity index (χ3n) is 4.43. The summed E-state index contributed by atoms with van der Waals surface area (Å²) in [6, 6.07) is 10.4. The monoisotopic (exact) mass is 375 g/mol. The highest BCUT2D eigenvalue weighted by Crippen LogP contribution is 2.31. The highest BCUT2D eigenvalue weighted by atomic mass is 35.5. The second-order valence-corrected chi connectivity index (χ2v) is 6.33. The van der Waals surface area contributed by atoms with Gasteiger partial charge in [0.15, 0.2) is 0 Å². The molecule has 1 heterocycles. The van der Waals surface area contributed by atoms with Crippen molar-refractivity contribution in [2.24, 2.45) is 11.7 Å². The van der Waals surface area contributed by atoms with Crippen molar-refractivity contribution in [2.45, 2.75) is 31.5 Å². The van der Waals surface area contributed by atoms with Crippen molar-refractivity contribution in [2.75, 3.05) is 26.2 Å². The van der Waals surface area contributed by atoms with Crippen LogP contribution in [0.3, 0.4) is 0 Å². The van der Waals surface area contributed by atoms with Crippen molar-refractivity contribution in [3.05, 3.63) is 35.9 Å². The molecule has 2 unspecified atom stereocenters. The Morgan fingerprint density at radius 1 is 1.29 bits per heavy atom. The lowest BCUT2D eigenvalue weighted by atomic mass is 10.1. The van der Waals surface area contributed by atoms with Gasteiger partial charge in [0.05, 0.1) is 6.61 Å². The molecule has 1 aromatic rings. The lowest BCUT2D eigenvalue weighted by Gasteiger charge is -2.32. The van der Waals surface area contributed by atoms with Crippen molar-refractivity contribution >= 4 is 30.7 Å². The molecular formula is C17H27Cl2N3O2. The number of hydrogen-bond donors (Lipinski definition) is 2. The van der Waals surface area contributed by atoms with Gasteiger partial charge in [-0.2, -0.15) is 0 Å². The molecule has 0 radical (unpaired) electrons. The molecule has 1 saturated heterocycles. The Morgan fingerprint density at radius 3 is 2.67 bits per heavy atom. The Morgan fingerprint density at radius 2 is 2.00 bits per heavy atom. The van der Waals surface area contributed by atoms with E-state index < -0.39 is 0 Å². The number of rotatable bonds is 6. The number of carbonyl (C=O) groups excluding carboxylic acids is 1. The Hall–Kier alpha value is -0.850. The van der Waals surface area contributed by atoms with Crippen LogP contribution in [-0.2, 0) is 16.1 Å². The molecule has 1 aliphatic heterocycles. The molecule has 24 heavy (non-hydrogen) atoms. The Kier molecular flexibility index (Phi) is 9.02. The van der Waals surface area contributed by atoms with E-state index in [2.05, 4.69) is 22.3 Å². The first-order chi connectivity index (χ1) is 10.7. The predicted octanol–water partition coefficient (Wildman–Crippen LogP) is 1.58. The molecule has 1 saturated carbocycles. The Bertz CT molecular complexity index is 500. The fraction of sp³-hybridized carbons (Fsp3) is 0.588. The number of benzene rings is 1. The smallest absolute Gasteiger partial charge is 0.250 e. The zero-order valence-corrected chi connectivity index (χ0v) is 15.4. The largest absolute Gasteiger partial charge is 0.366 e. The van der Waals surface area contributed by atoms with E-state index in [1.165, 1.54) is 18.4 Å². The molecule has 0 bridgehead atoms. The number of amides is 1. The van der Waals surface area contributed by atoms with Gasteiger partial charge in [-0.05, 0) is 24.3 Å². The highest BCUT2D eigenvalue weighted by Gasteiger charge is 2.30. The molecule has 2 atom stereocenters. The topological polar surface area (TPSA) is 67.6 Å². The summed E-state index contributed by atoms with van der Waals surface area (Å²) in [5.74, 6) is 0.566. The van der Waals surface area contributed by atoms with E-state index in [0.717, 1.165) is 13.1 Å². The van der Waals surface area contributed by atoms with Gasteiger partial charge in [0.1, 0.15) is 6.10 Å². The summed E-state index contributed by atoms with van der Waals surface area (Å²) in [6.07, 6.45) is 2.01. The summed E-state index contributed by atoms with van der Waals surface area (Å²) in [7, 11) is 0. The molecule has 0 spiro atoms. The van der Waals surface area contributed by atoms with Crippen LogP contribution in [0.1, 0.15) is 18.4 Å². The van der Waals surface area contributed by atoms with Gasteiger partial charge in [0.2, 0.25) is 0 Å². The summed E-state index contributed by atoms with van der Waals surface area (Å²) >= 11 is 0. The summed E-state index contributed by atoms with van der Waals surface area (Å²) in [6.45, 7) is 3.51. The number of hydrogen-bond acceptors (Lipinski definition) is 4. The molecule has 136 valence electrons. The molecule has 0 aromatic heterocycles. The van der Waals surface area contributed by atoms with E-state index in [9.17, 15) is 4.79 Å². The fourth-order valence-corrected chi connectivity index (χ4v) is 2.87. The number of carbonyl (C=O) groups is 1. The first-order valence-corrected chi connectivity index (χ1v) is 8.13. The third-order valence-corrected chi connectivity index (χ3v) is 4.43. The summed E-state index contributed by atoms with van der Waals surface area (Å²) in [4.78, 5) is 14.5. The quantitative estimate of drug-likeness (QED) is 0.791. The third kappa shape index (κ3) is 6.22. The molecule has 2 aliphatic rings. The van der Waals surface area contributed by atoms with Crippen LogP contribution in [0.4, 0.5) is 0 Å². The number of morpholine rings is 1. The summed E-state index contributed by atoms with van der Waals surface area (Å²) in [5.41, 5.74) is 7.28. The number of halogens is 2. The van der Waals surface area contributed by atoms with E-state index in [0.29, 0.717) is 25.6 Å². The van der Waals surface area contributed by atoms with Crippen molar-refractivity contribution in [3.8, 4) is 0 Å². The predicted molar refractivity (Wildman–Crippen MR) is 99.7 cm³/mol. The van der Waals surface area contributed by atoms with Gasteiger partial charge in [-0.15, -0.1) is 24.8 Å². The highest BCUT2D eigenvalue weighted by molar-refractivity contribution is 5.85. The van der Waals surface area contributed by atoms with Crippen LogP contribution >= 0.6 is 24.8 Å². The average Bonchev–Trinajstić information content (AvgIpc) is 3.38. The SMILES string of the molecule is Cl.Cl.NC(CNC(=O)C1CN(Cc2ccccc2)CCO1)C1CC1. The maximum atomic E-state index is 12.2. The normalized spacial score (nSPS) is 22.0. The minimum atomic E-state index is -0.385. The van der Waals surface area contributed by atoms with Crippen molar-refractivity contribution < 1.29 is 9.53 Å². The molecule has 3 N–H and O–H groups in total. The zero-order valence-electron chi connectivity index (χ0n) is 13.7. The van der Waals surface area contributed by atoms with Gasteiger partial charge in [-0.1, -0.05) is 30.3 Å². The van der Waals surface area contributed by atoms with E-state index in [4.69, 9.17) is 10.5 Å². The van der Waals surface area contributed by atoms with Crippen molar-refractivity contribution in [1.29, 1.82) is 0 Å². The molecule has 5 nitrogen and oxygen atoms in total. The fourth-order valence-electron chi connectivity index (χ4n) is 2.87. The van der Waals surface area contributed by atoms with Crippen molar-refractivity contribution in [3.63, 3.8) is 0 Å². The van der Waals surface area contributed by atoms with Crippen LogP contribution in [-0.4, -0.2) is 49.2 Å². The van der Waals surface area contributed by atoms with E-state index in [1.54, 1.807) is 0 Å². The van der Waals surface area contributed by atoms with Gasteiger partial charge >= 0.3 is 0 Å². The molecule has 7 heteroatoms. The Labute approximate surface area is 156 Å². The van der Waals surface area contributed by atoms with Crippen LogP contribution in [0, 0.1) is 5.92 Å². The number of nitrogens with zero attached hydrogens (tertiary/aromatic N) is 1. The number of nitrogens with two attached hydrogens (primary N) is 1. The minimum Gasteiger partial charge on any atom is -0.366 e. The second-order valence-electron chi connectivity index (χ2n) is 6.33. The van der Waals surface area contributed by atoms with E-state index in [-0.39, 0.29) is 42.9 Å². The van der Waals surface area contributed by atoms with E-state index in [1.807, 2.05) is 18.2 Å². The molecule has 2 fully saturated rings. The summed E-state index contributed by atoms with van der Waals surface area (Å²) in [5, 5.41) is 2.94. The lowest BCUT2D eigenvalue weighted by molar-refractivity contribution is -0.138. The van der Waals surface area contributed by atoms with Crippen LogP contribution in [0.15, 0.2) is 30.3 Å². The molecule has 1 aliphatic carbocycles. The van der Waals surface area contributed by atoms with Crippen LogP contribution in [0.2, 0.25) is 0 Å². The maximum Gasteiger partial charge on any atom is 0.250 e. The number of ether oxygens (including phenoxy) is 1. The minimum absolute atomic E-state index is 0. The zero-order chi connectivity index (χ0) is 15.4. The van der Waals surface area contributed by atoms with Gasteiger partial charge in [0.25, 0.3) is 5.91 Å². The van der Waals surface area contributed by atoms with Gasteiger partial charge in [0, 0.05) is 32.2 Å². The Balaban J connectivity index is 0.00000144. The average molecular weight is 376 g/mol. The van der Waals surface area contributed by atoms with E-state index >= 15 is 0 Å². The van der Waals surface area contributed by atoms with Gasteiger partial charge < -0.3 is 15.8 Å². The van der Waals surface area contributed by atoms with Gasteiger partial charge in [-0.25, -0.2) is 0 Å². The first kappa shape index (κ1) is 21.2. The first-order valence-electron chi connectivity index (χ1n) is 8.13.